The Labute approximate surface area is 102 Å². The lowest BCUT2D eigenvalue weighted by Gasteiger charge is -2.09. The summed E-state index contributed by atoms with van der Waals surface area (Å²) in [6.07, 6.45) is -0.640. The highest BCUT2D eigenvalue weighted by molar-refractivity contribution is 9.10. The van der Waals surface area contributed by atoms with Gasteiger partial charge in [0.25, 0.3) is 0 Å². The van der Waals surface area contributed by atoms with Crippen molar-refractivity contribution in [1.82, 2.24) is 4.57 Å². The third-order valence-corrected chi connectivity index (χ3v) is 3.68. The van der Waals surface area contributed by atoms with Gasteiger partial charge in [0, 0.05) is 22.4 Å². The van der Waals surface area contributed by atoms with Crippen LogP contribution in [0.25, 0.3) is 10.9 Å². The summed E-state index contributed by atoms with van der Waals surface area (Å²) in [6, 6.07) is 7.99. The van der Waals surface area contributed by atoms with Gasteiger partial charge in [-0.15, -0.1) is 11.6 Å². The molecule has 80 valence electrons. The smallest absolute Gasteiger partial charge is 0.109 e. The molecular weight excluding hydrogens is 277 g/mol. The van der Waals surface area contributed by atoms with Crippen LogP contribution in [0.1, 0.15) is 11.8 Å². The number of rotatable bonds is 2. The van der Waals surface area contributed by atoms with Crippen LogP contribution in [0.3, 0.4) is 0 Å². The zero-order chi connectivity index (χ0) is 11.0. The summed E-state index contributed by atoms with van der Waals surface area (Å²) in [5.74, 6) is 0.197. The van der Waals surface area contributed by atoms with Crippen molar-refractivity contribution in [2.24, 2.45) is 7.05 Å². The lowest BCUT2D eigenvalue weighted by Crippen LogP contribution is -2.05. The molecule has 0 bridgehead atoms. The van der Waals surface area contributed by atoms with Gasteiger partial charge in [-0.25, -0.2) is 0 Å². The highest BCUT2D eigenvalue weighted by atomic mass is 79.9. The minimum atomic E-state index is -0.640. The molecule has 0 fully saturated rings. The molecule has 1 heterocycles. The van der Waals surface area contributed by atoms with Crippen molar-refractivity contribution in [2.45, 2.75) is 6.10 Å². The molecule has 0 aliphatic heterocycles. The second kappa shape index (κ2) is 4.16. The first-order chi connectivity index (χ1) is 7.16. The van der Waals surface area contributed by atoms with Crippen molar-refractivity contribution in [2.75, 3.05) is 5.88 Å². The minimum Gasteiger partial charge on any atom is -0.386 e. The quantitative estimate of drug-likeness (QED) is 0.844. The van der Waals surface area contributed by atoms with Crippen molar-refractivity contribution in [3.63, 3.8) is 0 Å². The summed E-state index contributed by atoms with van der Waals surface area (Å²) >= 11 is 9.18. The summed E-state index contributed by atoms with van der Waals surface area (Å²) in [4.78, 5) is 0. The van der Waals surface area contributed by atoms with E-state index < -0.39 is 6.10 Å². The van der Waals surface area contributed by atoms with Crippen molar-refractivity contribution < 1.29 is 5.11 Å². The number of hydrogen-bond donors (Lipinski definition) is 1. The van der Waals surface area contributed by atoms with Crippen LogP contribution in [0.4, 0.5) is 0 Å². The summed E-state index contributed by atoms with van der Waals surface area (Å²) in [6.45, 7) is 0. The number of para-hydroxylation sites is 1. The van der Waals surface area contributed by atoms with E-state index in [1.54, 1.807) is 0 Å². The number of aliphatic hydroxyl groups excluding tert-OH is 1. The Morgan fingerprint density at radius 2 is 2.13 bits per heavy atom. The van der Waals surface area contributed by atoms with E-state index in [2.05, 4.69) is 15.9 Å². The Morgan fingerprint density at radius 3 is 2.73 bits per heavy atom. The summed E-state index contributed by atoms with van der Waals surface area (Å²) in [5, 5.41) is 10.9. The van der Waals surface area contributed by atoms with E-state index in [9.17, 15) is 5.11 Å². The zero-order valence-electron chi connectivity index (χ0n) is 8.24. The first kappa shape index (κ1) is 11.0. The number of alkyl halides is 1. The van der Waals surface area contributed by atoms with Crippen LogP contribution in [0.2, 0.25) is 0 Å². The van der Waals surface area contributed by atoms with Gasteiger partial charge in [0.05, 0.1) is 11.6 Å². The fraction of sp³-hybridized carbons (Fsp3) is 0.273. The zero-order valence-corrected chi connectivity index (χ0v) is 10.6. The molecule has 1 atom stereocenters. The van der Waals surface area contributed by atoms with Gasteiger partial charge in [-0.1, -0.05) is 18.2 Å². The molecule has 0 saturated carbocycles. The number of halogens is 2. The third-order valence-electron chi connectivity index (χ3n) is 2.55. The molecule has 0 aliphatic rings. The monoisotopic (exact) mass is 287 g/mol. The summed E-state index contributed by atoms with van der Waals surface area (Å²) in [7, 11) is 1.93. The molecule has 1 N–H and O–H groups in total. The van der Waals surface area contributed by atoms with Gasteiger partial charge in [0.15, 0.2) is 0 Å². The predicted molar refractivity (Wildman–Crippen MR) is 66.3 cm³/mol. The van der Waals surface area contributed by atoms with Gasteiger partial charge in [-0.05, 0) is 22.0 Å². The number of aliphatic hydroxyl groups is 1. The van der Waals surface area contributed by atoms with Gasteiger partial charge in [-0.2, -0.15) is 0 Å². The lowest BCUT2D eigenvalue weighted by molar-refractivity contribution is 0.193. The molecule has 1 aromatic heterocycles. The van der Waals surface area contributed by atoms with E-state index in [0.717, 1.165) is 21.1 Å². The highest BCUT2D eigenvalue weighted by Crippen LogP contribution is 2.34. The number of benzene rings is 1. The molecule has 0 aliphatic carbocycles. The number of aryl methyl sites for hydroxylation is 1. The fourth-order valence-electron chi connectivity index (χ4n) is 1.81. The molecule has 4 heteroatoms. The Hall–Kier alpha value is -0.510. The maximum atomic E-state index is 9.81. The van der Waals surface area contributed by atoms with Crippen LogP contribution in [-0.2, 0) is 7.05 Å². The van der Waals surface area contributed by atoms with Crippen LogP contribution in [0, 0.1) is 0 Å². The lowest BCUT2D eigenvalue weighted by atomic mass is 10.2. The van der Waals surface area contributed by atoms with E-state index in [0.29, 0.717) is 0 Å². The van der Waals surface area contributed by atoms with Gasteiger partial charge >= 0.3 is 0 Å². The topological polar surface area (TPSA) is 25.2 Å². The van der Waals surface area contributed by atoms with Crippen molar-refractivity contribution in [3.05, 3.63) is 34.4 Å². The average molecular weight is 289 g/mol. The van der Waals surface area contributed by atoms with Crippen LogP contribution >= 0.6 is 27.5 Å². The molecule has 2 rings (SSSR count). The van der Waals surface area contributed by atoms with E-state index in [1.165, 1.54) is 0 Å². The molecule has 15 heavy (non-hydrogen) atoms. The van der Waals surface area contributed by atoms with Crippen molar-refractivity contribution in [3.8, 4) is 0 Å². The fourth-order valence-corrected chi connectivity index (χ4v) is 2.82. The van der Waals surface area contributed by atoms with Crippen LogP contribution < -0.4 is 0 Å². The normalized spacial score (nSPS) is 13.3. The average Bonchev–Trinajstić information content (AvgIpc) is 2.52. The van der Waals surface area contributed by atoms with Crippen molar-refractivity contribution >= 4 is 38.4 Å². The SMILES string of the molecule is Cn1c(C(O)CCl)c(Br)c2ccccc21. The predicted octanol–water partition coefficient (Wildman–Crippen LogP) is 3.21. The van der Waals surface area contributed by atoms with Crippen LogP contribution in [0.5, 0.6) is 0 Å². The number of fused-ring (bicyclic) bond motifs is 1. The van der Waals surface area contributed by atoms with E-state index >= 15 is 0 Å². The second-order valence-corrected chi connectivity index (χ2v) is 4.55. The molecule has 2 nitrogen and oxygen atoms in total. The van der Waals surface area contributed by atoms with Crippen LogP contribution in [-0.4, -0.2) is 15.6 Å². The third kappa shape index (κ3) is 1.69. The minimum absolute atomic E-state index is 0.197. The largest absolute Gasteiger partial charge is 0.386 e. The molecule has 0 amide bonds. The summed E-state index contributed by atoms with van der Waals surface area (Å²) in [5.41, 5.74) is 1.91. The standard InChI is InChI=1S/C11H11BrClNO/c1-14-8-5-3-2-4-7(8)10(12)11(14)9(15)6-13/h2-5,9,15H,6H2,1H3. The molecule has 1 aromatic carbocycles. The van der Waals surface area contributed by atoms with E-state index in [1.807, 2.05) is 35.9 Å². The number of hydrogen-bond acceptors (Lipinski definition) is 1. The molecule has 1 unspecified atom stereocenters. The number of aromatic nitrogens is 1. The maximum absolute atomic E-state index is 9.81. The molecule has 0 spiro atoms. The van der Waals surface area contributed by atoms with Gasteiger partial charge in [0.1, 0.15) is 6.10 Å². The highest BCUT2D eigenvalue weighted by Gasteiger charge is 2.18. The molecule has 0 radical (unpaired) electrons. The second-order valence-electron chi connectivity index (χ2n) is 3.45. The maximum Gasteiger partial charge on any atom is 0.109 e. The first-order valence-corrected chi connectivity index (χ1v) is 5.96. The summed E-state index contributed by atoms with van der Waals surface area (Å²) < 4.78 is 2.89. The Kier molecular flexibility index (Phi) is 3.05. The molecular formula is C11H11BrClNO. The Bertz CT molecular complexity index is 456. The Balaban J connectivity index is 2.75. The first-order valence-electron chi connectivity index (χ1n) is 4.63. The molecule has 2 aromatic rings. The van der Waals surface area contributed by atoms with Gasteiger partial charge in [-0.3, -0.25) is 0 Å². The number of nitrogens with zero attached hydrogens (tertiary/aromatic N) is 1. The Morgan fingerprint density at radius 1 is 1.47 bits per heavy atom. The van der Waals surface area contributed by atoms with Gasteiger partial charge < -0.3 is 9.67 Å². The molecule has 0 saturated heterocycles. The van der Waals surface area contributed by atoms with E-state index in [4.69, 9.17) is 11.6 Å². The van der Waals surface area contributed by atoms with E-state index in [-0.39, 0.29) is 5.88 Å². The van der Waals surface area contributed by atoms with Crippen LogP contribution in [0.15, 0.2) is 28.7 Å². The van der Waals surface area contributed by atoms with Crippen molar-refractivity contribution in [1.29, 1.82) is 0 Å². The van der Waals surface area contributed by atoms with Gasteiger partial charge in [0.2, 0.25) is 0 Å².